The standard InChI is InChI=1S/C21H25N3O/c25-21(24-11-10-18-6-4-5-7-19(18)16-24)17-22-12-14-23(15-13-22)20-8-2-1-3-9-20/h1-9H,10-17H2/p+1. The normalized spacial score (nSPS) is 18.1. The molecule has 0 radical (unpaired) electrons. The van der Waals surface area contributed by atoms with Crippen molar-refractivity contribution in [3.63, 3.8) is 0 Å². The molecule has 0 bridgehead atoms. The van der Waals surface area contributed by atoms with Crippen molar-refractivity contribution in [1.82, 2.24) is 4.90 Å². The van der Waals surface area contributed by atoms with Gasteiger partial charge in [0, 0.05) is 18.8 Å². The Morgan fingerprint density at radius 3 is 2.32 bits per heavy atom. The number of hydrogen-bond acceptors (Lipinski definition) is 2. The van der Waals surface area contributed by atoms with E-state index in [-0.39, 0.29) is 0 Å². The first-order valence-electron chi connectivity index (χ1n) is 9.28. The van der Waals surface area contributed by atoms with Crippen LogP contribution in [0.1, 0.15) is 11.1 Å². The molecule has 25 heavy (non-hydrogen) atoms. The largest absolute Gasteiger partial charge is 0.360 e. The lowest BCUT2D eigenvalue weighted by Crippen LogP contribution is -3.15. The minimum absolute atomic E-state index is 0.303. The summed E-state index contributed by atoms with van der Waals surface area (Å²) in [5, 5.41) is 0. The lowest BCUT2D eigenvalue weighted by atomic mass is 10.00. The SMILES string of the molecule is O=C(C[NH+]1CCN(c2ccccc2)CC1)N1CCc2ccccc2C1. The summed E-state index contributed by atoms with van der Waals surface area (Å²) >= 11 is 0. The molecule has 130 valence electrons. The number of carbonyl (C=O) groups excluding carboxylic acids is 1. The number of quaternary nitrogens is 1. The number of piperazine rings is 1. The van der Waals surface area contributed by atoms with E-state index in [1.54, 1.807) is 0 Å². The van der Waals surface area contributed by atoms with Gasteiger partial charge in [0.15, 0.2) is 6.54 Å². The second kappa shape index (κ2) is 7.28. The lowest BCUT2D eigenvalue weighted by Gasteiger charge is -2.35. The molecule has 1 amide bonds. The first-order chi connectivity index (χ1) is 12.3. The summed E-state index contributed by atoms with van der Waals surface area (Å²) < 4.78 is 0. The summed E-state index contributed by atoms with van der Waals surface area (Å²) in [6, 6.07) is 19.1. The van der Waals surface area contributed by atoms with Gasteiger partial charge in [-0.05, 0) is 29.7 Å². The van der Waals surface area contributed by atoms with Crippen LogP contribution in [0.5, 0.6) is 0 Å². The summed E-state index contributed by atoms with van der Waals surface area (Å²) in [6.07, 6.45) is 0.985. The van der Waals surface area contributed by atoms with Gasteiger partial charge in [0.25, 0.3) is 5.91 Å². The van der Waals surface area contributed by atoms with Crippen LogP contribution in [-0.4, -0.2) is 50.1 Å². The number of nitrogens with zero attached hydrogens (tertiary/aromatic N) is 2. The van der Waals surface area contributed by atoms with Crippen molar-refractivity contribution in [1.29, 1.82) is 0 Å². The highest BCUT2D eigenvalue weighted by atomic mass is 16.2. The van der Waals surface area contributed by atoms with Crippen LogP contribution in [0.4, 0.5) is 5.69 Å². The van der Waals surface area contributed by atoms with Crippen LogP contribution in [0, 0.1) is 0 Å². The molecule has 2 aliphatic rings. The summed E-state index contributed by atoms with van der Waals surface area (Å²) in [5.41, 5.74) is 4.00. The van der Waals surface area contributed by atoms with Gasteiger partial charge in [-0.3, -0.25) is 4.79 Å². The van der Waals surface area contributed by atoms with E-state index in [0.29, 0.717) is 12.5 Å². The number of carbonyl (C=O) groups is 1. The predicted molar refractivity (Wildman–Crippen MR) is 99.8 cm³/mol. The number of anilines is 1. The molecule has 2 aliphatic heterocycles. The van der Waals surface area contributed by atoms with Crippen molar-refractivity contribution in [2.24, 2.45) is 0 Å². The molecule has 0 unspecified atom stereocenters. The topological polar surface area (TPSA) is 28.0 Å². The van der Waals surface area contributed by atoms with E-state index in [9.17, 15) is 4.79 Å². The average molecular weight is 336 g/mol. The van der Waals surface area contributed by atoms with E-state index in [0.717, 1.165) is 45.7 Å². The van der Waals surface area contributed by atoms with E-state index in [1.807, 2.05) is 4.90 Å². The van der Waals surface area contributed by atoms with Gasteiger partial charge >= 0.3 is 0 Å². The van der Waals surface area contributed by atoms with Gasteiger partial charge in [0.1, 0.15) is 0 Å². The summed E-state index contributed by atoms with van der Waals surface area (Å²) in [6.45, 7) is 6.38. The van der Waals surface area contributed by atoms with Crippen LogP contribution in [-0.2, 0) is 17.8 Å². The smallest absolute Gasteiger partial charge is 0.278 e. The molecule has 4 nitrogen and oxygen atoms in total. The van der Waals surface area contributed by atoms with Crippen LogP contribution >= 0.6 is 0 Å². The maximum absolute atomic E-state index is 12.7. The van der Waals surface area contributed by atoms with Crippen LogP contribution in [0.3, 0.4) is 0 Å². The van der Waals surface area contributed by atoms with Crippen molar-refractivity contribution in [2.75, 3.05) is 44.2 Å². The number of hydrogen-bond donors (Lipinski definition) is 1. The van der Waals surface area contributed by atoms with E-state index < -0.39 is 0 Å². The van der Waals surface area contributed by atoms with Crippen LogP contribution in [0.2, 0.25) is 0 Å². The zero-order valence-corrected chi connectivity index (χ0v) is 14.7. The third kappa shape index (κ3) is 3.69. The van der Waals surface area contributed by atoms with Gasteiger partial charge in [-0.1, -0.05) is 42.5 Å². The summed E-state index contributed by atoms with van der Waals surface area (Å²) in [4.78, 5) is 18.6. The van der Waals surface area contributed by atoms with Gasteiger partial charge < -0.3 is 14.7 Å². The number of benzene rings is 2. The molecule has 0 atom stereocenters. The van der Waals surface area contributed by atoms with Gasteiger partial charge in [-0.15, -0.1) is 0 Å². The van der Waals surface area contributed by atoms with Crippen molar-refractivity contribution >= 4 is 11.6 Å². The average Bonchev–Trinajstić information content (AvgIpc) is 2.69. The van der Waals surface area contributed by atoms with Crippen LogP contribution in [0.15, 0.2) is 54.6 Å². The Morgan fingerprint density at radius 2 is 1.56 bits per heavy atom. The van der Waals surface area contributed by atoms with Crippen molar-refractivity contribution in [3.05, 3.63) is 65.7 Å². The number of para-hydroxylation sites is 1. The Bertz CT molecular complexity index is 723. The quantitative estimate of drug-likeness (QED) is 0.905. The third-order valence-corrected chi connectivity index (χ3v) is 5.48. The van der Waals surface area contributed by atoms with Crippen molar-refractivity contribution in [2.45, 2.75) is 13.0 Å². The highest BCUT2D eigenvalue weighted by Gasteiger charge is 2.26. The van der Waals surface area contributed by atoms with Gasteiger partial charge in [-0.2, -0.15) is 0 Å². The molecular formula is C21H26N3O+. The summed E-state index contributed by atoms with van der Waals surface area (Å²) in [7, 11) is 0. The minimum Gasteiger partial charge on any atom is -0.360 e. The summed E-state index contributed by atoms with van der Waals surface area (Å²) in [5.74, 6) is 0.303. The zero-order chi connectivity index (χ0) is 17.1. The highest BCUT2D eigenvalue weighted by Crippen LogP contribution is 2.18. The zero-order valence-electron chi connectivity index (χ0n) is 14.7. The van der Waals surface area contributed by atoms with E-state index in [1.165, 1.54) is 21.7 Å². The Morgan fingerprint density at radius 1 is 0.880 bits per heavy atom. The van der Waals surface area contributed by atoms with E-state index in [4.69, 9.17) is 0 Å². The minimum atomic E-state index is 0.303. The Balaban J connectivity index is 1.30. The Kier molecular flexibility index (Phi) is 4.70. The first kappa shape index (κ1) is 16.2. The van der Waals surface area contributed by atoms with Crippen molar-refractivity contribution < 1.29 is 9.69 Å². The molecule has 0 spiro atoms. The van der Waals surface area contributed by atoms with Crippen LogP contribution < -0.4 is 9.80 Å². The molecule has 4 rings (SSSR count). The second-order valence-corrected chi connectivity index (χ2v) is 7.08. The molecular weight excluding hydrogens is 310 g/mol. The maximum atomic E-state index is 12.7. The molecule has 2 heterocycles. The highest BCUT2D eigenvalue weighted by molar-refractivity contribution is 5.77. The monoisotopic (exact) mass is 336 g/mol. The Labute approximate surface area is 149 Å². The molecule has 0 aliphatic carbocycles. The maximum Gasteiger partial charge on any atom is 0.278 e. The first-order valence-corrected chi connectivity index (χ1v) is 9.28. The molecule has 1 N–H and O–H groups in total. The van der Waals surface area contributed by atoms with Gasteiger partial charge in [-0.25, -0.2) is 0 Å². The number of fused-ring (bicyclic) bond motifs is 1. The van der Waals surface area contributed by atoms with Crippen LogP contribution in [0.25, 0.3) is 0 Å². The molecule has 2 aromatic carbocycles. The predicted octanol–water partition coefficient (Wildman–Crippen LogP) is 0.976. The van der Waals surface area contributed by atoms with Gasteiger partial charge in [0.2, 0.25) is 0 Å². The fourth-order valence-corrected chi connectivity index (χ4v) is 3.93. The fraction of sp³-hybridized carbons (Fsp3) is 0.381. The van der Waals surface area contributed by atoms with E-state index in [2.05, 4.69) is 59.5 Å². The molecule has 2 aromatic rings. The second-order valence-electron chi connectivity index (χ2n) is 7.08. The molecule has 0 aromatic heterocycles. The molecule has 0 saturated carbocycles. The number of rotatable bonds is 3. The van der Waals surface area contributed by atoms with Gasteiger partial charge in [0.05, 0.1) is 26.2 Å². The fourth-order valence-electron chi connectivity index (χ4n) is 3.93. The molecule has 1 fully saturated rings. The third-order valence-electron chi connectivity index (χ3n) is 5.48. The molecule has 4 heteroatoms. The number of nitrogens with one attached hydrogen (secondary N) is 1. The number of amides is 1. The van der Waals surface area contributed by atoms with Crippen molar-refractivity contribution in [3.8, 4) is 0 Å². The van der Waals surface area contributed by atoms with E-state index >= 15 is 0 Å². The molecule has 1 saturated heterocycles. The Hall–Kier alpha value is -2.33. The lowest BCUT2D eigenvalue weighted by molar-refractivity contribution is -0.892.